The van der Waals surface area contributed by atoms with Crippen LogP contribution in [0, 0.1) is 12.7 Å². The smallest absolute Gasteiger partial charge is 0.252 e. The Balaban J connectivity index is 0.000000880. The van der Waals surface area contributed by atoms with E-state index in [1.807, 2.05) is 19.1 Å². The first-order valence-corrected chi connectivity index (χ1v) is 7.94. The van der Waals surface area contributed by atoms with Crippen LogP contribution in [-0.4, -0.2) is 22.9 Å². The Morgan fingerprint density at radius 1 is 1.08 bits per heavy atom. The first-order valence-electron chi connectivity index (χ1n) is 7.94. The highest BCUT2D eigenvalue weighted by Crippen LogP contribution is 2.36. The van der Waals surface area contributed by atoms with Crippen LogP contribution in [0.15, 0.2) is 42.6 Å². The van der Waals surface area contributed by atoms with Gasteiger partial charge in [-0.3, -0.25) is 4.79 Å². The molecule has 0 bridgehead atoms. The second-order valence-corrected chi connectivity index (χ2v) is 5.59. The van der Waals surface area contributed by atoms with Gasteiger partial charge in [0, 0.05) is 29.6 Å². The van der Waals surface area contributed by atoms with Crippen LogP contribution in [0.1, 0.15) is 21.6 Å². The van der Waals surface area contributed by atoms with Crippen LogP contribution in [0.3, 0.4) is 0 Å². The van der Waals surface area contributed by atoms with Gasteiger partial charge in [0.05, 0.1) is 5.56 Å². The van der Waals surface area contributed by atoms with Crippen molar-refractivity contribution in [1.82, 2.24) is 15.3 Å². The van der Waals surface area contributed by atoms with Gasteiger partial charge in [-0.05, 0) is 37.2 Å². The second kappa shape index (κ2) is 6.86. The topological polar surface area (TPSA) is 83.8 Å². The summed E-state index contributed by atoms with van der Waals surface area (Å²) >= 11 is 0. The highest BCUT2D eigenvalue weighted by atomic mass is 19.1. The third-order valence-electron chi connectivity index (χ3n) is 4.09. The van der Waals surface area contributed by atoms with Gasteiger partial charge < -0.3 is 16.0 Å². The number of amides is 1. The number of aromatic amines is 1. The molecular weight excluding hydrogens is 319 g/mol. The van der Waals surface area contributed by atoms with Gasteiger partial charge in [-0.2, -0.15) is 0 Å². The third-order valence-corrected chi connectivity index (χ3v) is 4.09. The lowest BCUT2D eigenvalue weighted by Gasteiger charge is -2.11. The number of nitrogens with zero attached hydrogens (tertiary/aromatic N) is 1. The molecule has 2 aromatic carbocycles. The van der Waals surface area contributed by atoms with Crippen LogP contribution in [-0.2, 0) is 6.54 Å². The van der Waals surface area contributed by atoms with E-state index in [2.05, 4.69) is 21.0 Å². The lowest BCUT2D eigenvalue weighted by molar-refractivity contribution is 0.0966. The zero-order valence-corrected chi connectivity index (χ0v) is 14.1. The lowest BCUT2D eigenvalue weighted by Crippen LogP contribution is -2.13. The van der Waals surface area contributed by atoms with E-state index in [1.54, 1.807) is 24.4 Å². The Hall–Kier alpha value is -2.99. The summed E-state index contributed by atoms with van der Waals surface area (Å²) in [6, 6.07) is 10.3. The van der Waals surface area contributed by atoms with E-state index in [9.17, 15) is 9.18 Å². The molecule has 0 atom stereocenters. The molecule has 1 amide bonds. The third kappa shape index (κ3) is 2.92. The number of hydrogen-bond donors (Lipinski definition) is 3. The standard InChI is InChI=1S/C18H14FN3O.CH5N/c1-10-8-20-17(22-10)13-7-6-11(12-4-2-3-5-15(12)19)14-9-21-18(23)16(13)14;1-2/h2-8H,9H2,1H3,(H,20,22)(H,21,23);2H2,1H3. The Kier molecular flexibility index (Phi) is 4.63. The summed E-state index contributed by atoms with van der Waals surface area (Å²) in [5, 5.41) is 2.83. The Morgan fingerprint density at radius 2 is 1.80 bits per heavy atom. The summed E-state index contributed by atoms with van der Waals surface area (Å²) < 4.78 is 14.1. The molecule has 25 heavy (non-hydrogen) atoms. The SMILES string of the molecule is CN.Cc1cnc(-c2ccc(-c3ccccc3F)c3c2C(=O)NC3)[nH]1. The molecule has 6 heteroatoms. The molecule has 1 aromatic heterocycles. The first kappa shape index (κ1) is 16.9. The van der Waals surface area contributed by atoms with Gasteiger partial charge in [0.2, 0.25) is 0 Å². The number of benzene rings is 2. The minimum Gasteiger partial charge on any atom is -0.348 e. The minimum absolute atomic E-state index is 0.151. The molecule has 3 aromatic rings. The zero-order valence-electron chi connectivity index (χ0n) is 14.1. The zero-order chi connectivity index (χ0) is 18.0. The molecule has 0 saturated carbocycles. The predicted molar refractivity (Wildman–Crippen MR) is 95.4 cm³/mol. The van der Waals surface area contributed by atoms with Gasteiger partial charge >= 0.3 is 0 Å². The number of aromatic nitrogens is 2. The molecule has 0 radical (unpaired) electrons. The van der Waals surface area contributed by atoms with Gasteiger partial charge in [0.1, 0.15) is 11.6 Å². The van der Waals surface area contributed by atoms with Gasteiger partial charge in [-0.25, -0.2) is 9.37 Å². The van der Waals surface area contributed by atoms with Crippen LogP contribution < -0.4 is 11.1 Å². The molecule has 0 aliphatic carbocycles. The number of halogens is 1. The van der Waals surface area contributed by atoms with Gasteiger partial charge in [-0.15, -0.1) is 0 Å². The molecule has 1 aliphatic rings. The number of H-pyrrole nitrogens is 1. The number of rotatable bonds is 2. The minimum atomic E-state index is -0.296. The maximum Gasteiger partial charge on any atom is 0.252 e. The molecule has 128 valence electrons. The number of imidazole rings is 1. The van der Waals surface area contributed by atoms with E-state index in [-0.39, 0.29) is 11.7 Å². The number of hydrogen-bond acceptors (Lipinski definition) is 3. The predicted octanol–water partition coefficient (Wildman–Crippen LogP) is 3.01. The number of fused-ring (bicyclic) bond motifs is 1. The van der Waals surface area contributed by atoms with Gasteiger partial charge in [-0.1, -0.05) is 24.3 Å². The Bertz CT molecular complexity index is 933. The lowest BCUT2D eigenvalue weighted by atomic mass is 9.93. The average Bonchev–Trinajstić information content (AvgIpc) is 3.23. The van der Waals surface area contributed by atoms with E-state index in [0.29, 0.717) is 23.5 Å². The van der Waals surface area contributed by atoms with Crippen molar-refractivity contribution in [2.75, 3.05) is 7.05 Å². The van der Waals surface area contributed by atoms with E-state index in [0.717, 1.165) is 22.4 Å². The van der Waals surface area contributed by atoms with E-state index in [1.165, 1.54) is 13.1 Å². The molecule has 0 unspecified atom stereocenters. The molecule has 1 aliphatic heterocycles. The van der Waals surface area contributed by atoms with Crippen LogP contribution in [0.5, 0.6) is 0 Å². The fourth-order valence-electron chi connectivity index (χ4n) is 3.03. The molecule has 0 spiro atoms. The van der Waals surface area contributed by atoms with E-state index < -0.39 is 0 Å². The average molecular weight is 338 g/mol. The van der Waals surface area contributed by atoms with E-state index >= 15 is 0 Å². The number of aryl methyl sites for hydroxylation is 1. The van der Waals surface area contributed by atoms with Gasteiger partial charge in [0.25, 0.3) is 5.91 Å². The largest absolute Gasteiger partial charge is 0.348 e. The normalized spacial score (nSPS) is 12.2. The van der Waals surface area contributed by atoms with Crippen molar-refractivity contribution in [3.63, 3.8) is 0 Å². The van der Waals surface area contributed by atoms with Crippen LogP contribution >= 0.6 is 0 Å². The molecule has 0 fully saturated rings. The number of carbonyl (C=O) groups excluding carboxylic acids is 1. The number of nitrogens with two attached hydrogens (primary N) is 1. The van der Waals surface area contributed by atoms with Crippen molar-refractivity contribution in [2.24, 2.45) is 5.73 Å². The van der Waals surface area contributed by atoms with Crippen LogP contribution in [0.2, 0.25) is 0 Å². The number of nitrogens with one attached hydrogen (secondary N) is 2. The van der Waals surface area contributed by atoms with Crippen molar-refractivity contribution in [1.29, 1.82) is 0 Å². The summed E-state index contributed by atoms with van der Waals surface area (Å²) in [5.41, 5.74) is 8.78. The molecule has 5 nitrogen and oxygen atoms in total. The maximum absolute atomic E-state index is 14.1. The number of carbonyl (C=O) groups is 1. The van der Waals surface area contributed by atoms with Crippen molar-refractivity contribution < 1.29 is 9.18 Å². The maximum atomic E-state index is 14.1. The Labute approximate surface area is 145 Å². The van der Waals surface area contributed by atoms with Crippen molar-refractivity contribution in [3.05, 3.63) is 65.2 Å². The summed E-state index contributed by atoms with van der Waals surface area (Å²) in [4.78, 5) is 19.7. The molecular formula is C19H19FN4O. The summed E-state index contributed by atoms with van der Waals surface area (Å²) in [7, 11) is 1.50. The monoisotopic (exact) mass is 338 g/mol. The summed E-state index contributed by atoms with van der Waals surface area (Å²) in [5.74, 6) is 0.203. The van der Waals surface area contributed by atoms with Gasteiger partial charge in [0.15, 0.2) is 0 Å². The summed E-state index contributed by atoms with van der Waals surface area (Å²) in [6.07, 6.45) is 1.72. The quantitative estimate of drug-likeness (QED) is 0.671. The fraction of sp³-hybridized carbons (Fsp3) is 0.158. The fourth-order valence-corrected chi connectivity index (χ4v) is 3.03. The highest BCUT2D eigenvalue weighted by Gasteiger charge is 2.27. The van der Waals surface area contributed by atoms with Crippen molar-refractivity contribution in [3.8, 4) is 22.5 Å². The van der Waals surface area contributed by atoms with Crippen molar-refractivity contribution >= 4 is 5.91 Å². The molecule has 4 rings (SSSR count). The van der Waals surface area contributed by atoms with Crippen molar-refractivity contribution in [2.45, 2.75) is 13.5 Å². The molecule has 2 heterocycles. The molecule has 4 N–H and O–H groups in total. The second-order valence-electron chi connectivity index (χ2n) is 5.59. The Morgan fingerprint density at radius 3 is 2.48 bits per heavy atom. The van der Waals surface area contributed by atoms with E-state index in [4.69, 9.17) is 0 Å². The first-order chi connectivity index (χ1) is 12.1. The van der Waals surface area contributed by atoms with Crippen LogP contribution in [0.25, 0.3) is 22.5 Å². The molecule has 0 saturated heterocycles. The highest BCUT2D eigenvalue weighted by molar-refractivity contribution is 6.06. The van der Waals surface area contributed by atoms with Crippen LogP contribution in [0.4, 0.5) is 4.39 Å². The summed E-state index contributed by atoms with van der Waals surface area (Å²) in [6.45, 7) is 2.30.